The molecule has 30 heavy (non-hydrogen) atoms. The second-order valence-corrected chi connectivity index (χ2v) is 7.80. The predicted octanol–water partition coefficient (Wildman–Crippen LogP) is 3.23. The van der Waals surface area contributed by atoms with E-state index in [2.05, 4.69) is 17.7 Å². The minimum Gasteiger partial charge on any atom is -0.393 e. The fraction of sp³-hybridized carbons (Fsp3) is 0.783. The Hall–Kier alpha value is -1.57. The van der Waals surface area contributed by atoms with Crippen LogP contribution in [0.2, 0.25) is 0 Å². The molecular weight excluding hydrogens is 388 g/mol. The molecule has 0 aromatic heterocycles. The molecule has 0 bridgehead atoms. The first-order valence-electron chi connectivity index (χ1n) is 11.2. The van der Waals surface area contributed by atoms with Crippen LogP contribution in [0.4, 0.5) is 0 Å². The van der Waals surface area contributed by atoms with Crippen LogP contribution in [0.1, 0.15) is 90.9 Å². The Kier molecular flexibility index (Phi) is 17.3. The Labute approximate surface area is 180 Å². The van der Waals surface area contributed by atoms with Crippen LogP contribution in [0.5, 0.6) is 0 Å². The highest BCUT2D eigenvalue weighted by molar-refractivity contribution is 6.01. The van der Waals surface area contributed by atoms with Crippen LogP contribution in [0.25, 0.3) is 0 Å². The van der Waals surface area contributed by atoms with E-state index >= 15 is 0 Å². The van der Waals surface area contributed by atoms with Gasteiger partial charge in [-0.3, -0.25) is 9.59 Å². The summed E-state index contributed by atoms with van der Waals surface area (Å²) in [7, 11) is 0. The first-order chi connectivity index (χ1) is 14.3. The molecule has 3 unspecified atom stereocenters. The van der Waals surface area contributed by atoms with Crippen LogP contribution in [-0.4, -0.2) is 51.9 Å². The van der Waals surface area contributed by atoms with E-state index in [9.17, 15) is 19.5 Å². The van der Waals surface area contributed by atoms with Crippen molar-refractivity contribution in [1.82, 2.24) is 0 Å². The maximum absolute atomic E-state index is 11.9. The molecule has 0 rings (SSSR count). The summed E-state index contributed by atoms with van der Waals surface area (Å²) in [5, 5.41) is 27.7. The van der Waals surface area contributed by atoms with Gasteiger partial charge in [-0.05, 0) is 39.0 Å². The number of esters is 2. The molecule has 7 heteroatoms. The van der Waals surface area contributed by atoms with E-state index in [0.717, 1.165) is 38.5 Å². The van der Waals surface area contributed by atoms with Gasteiger partial charge in [0.2, 0.25) is 0 Å². The zero-order valence-electron chi connectivity index (χ0n) is 18.6. The van der Waals surface area contributed by atoms with E-state index < -0.39 is 30.6 Å². The number of ether oxygens (including phenoxy) is 1. The molecule has 0 radical (unpaired) electrons. The monoisotopic (exact) mass is 428 g/mol. The zero-order chi connectivity index (χ0) is 22.8. The lowest BCUT2D eigenvalue weighted by atomic mass is 9.97. The van der Waals surface area contributed by atoms with Crippen LogP contribution in [0.3, 0.4) is 0 Å². The number of hydrogen-bond donors (Lipinski definition) is 3. The number of ketones is 1. The molecule has 0 aromatic rings. The van der Waals surface area contributed by atoms with Crippen molar-refractivity contribution in [3.63, 3.8) is 0 Å². The largest absolute Gasteiger partial charge is 0.393 e. The van der Waals surface area contributed by atoms with Crippen LogP contribution in [0, 0.1) is 5.92 Å². The lowest BCUT2D eigenvalue weighted by Gasteiger charge is -2.13. The van der Waals surface area contributed by atoms with Gasteiger partial charge in [0, 0.05) is 0 Å². The van der Waals surface area contributed by atoms with E-state index in [-0.39, 0.29) is 18.3 Å². The van der Waals surface area contributed by atoms with Gasteiger partial charge >= 0.3 is 11.9 Å². The smallest absolute Gasteiger partial charge is 0.345 e. The van der Waals surface area contributed by atoms with E-state index in [1.54, 1.807) is 0 Å². The molecule has 0 heterocycles. The van der Waals surface area contributed by atoms with Gasteiger partial charge in [0.25, 0.3) is 0 Å². The third kappa shape index (κ3) is 14.4. The first kappa shape index (κ1) is 28.4. The average Bonchev–Trinajstić information content (AvgIpc) is 2.71. The third-order valence-corrected chi connectivity index (χ3v) is 5.00. The maximum Gasteiger partial charge on any atom is 0.345 e. The number of Topliss-reactive ketones (excluding diaryl/α,β-unsaturated/α-hetero) is 1. The molecule has 3 N–H and O–H groups in total. The average molecular weight is 429 g/mol. The highest BCUT2D eigenvalue weighted by Gasteiger charge is 2.28. The fourth-order valence-corrected chi connectivity index (χ4v) is 3.06. The van der Waals surface area contributed by atoms with Crippen LogP contribution >= 0.6 is 0 Å². The second kappa shape index (κ2) is 18.2. The summed E-state index contributed by atoms with van der Waals surface area (Å²) in [6.45, 7) is 2.59. The van der Waals surface area contributed by atoms with Crippen LogP contribution in [-0.2, 0) is 19.1 Å². The van der Waals surface area contributed by atoms with Gasteiger partial charge in [-0.1, -0.05) is 64.0 Å². The minimum atomic E-state index is -1.78. The summed E-state index contributed by atoms with van der Waals surface area (Å²) in [4.78, 5) is 34.9. The van der Waals surface area contributed by atoms with Gasteiger partial charge in [0.15, 0.2) is 6.10 Å². The lowest BCUT2D eigenvalue weighted by Crippen LogP contribution is -2.33. The van der Waals surface area contributed by atoms with Crippen molar-refractivity contribution in [3.05, 3.63) is 12.2 Å². The summed E-state index contributed by atoms with van der Waals surface area (Å²) in [6, 6.07) is 0. The maximum atomic E-state index is 11.9. The number of aliphatic hydroxyl groups excluding tert-OH is 3. The molecule has 7 nitrogen and oxygen atoms in total. The number of unbranched alkanes of at least 4 members (excludes halogenated alkanes) is 7. The number of hydrogen-bond acceptors (Lipinski definition) is 7. The summed E-state index contributed by atoms with van der Waals surface area (Å²) >= 11 is 0. The summed E-state index contributed by atoms with van der Waals surface area (Å²) < 4.78 is 4.47. The second-order valence-electron chi connectivity index (χ2n) is 7.80. The highest BCUT2D eigenvalue weighted by Crippen LogP contribution is 2.15. The molecule has 174 valence electrons. The number of carbonyl (C=O) groups is 3. The van der Waals surface area contributed by atoms with Crippen molar-refractivity contribution in [3.8, 4) is 0 Å². The summed E-state index contributed by atoms with van der Waals surface area (Å²) in [5.74, 6) is -3.64. The summed E-state index contributed by atoms with van der Waals surface area (Å²) in [5.41, 5.74) is 0. The Morgan fingerprint density at radius 2 is 1.50 bits per heavy atom. The molecule has 0 amide bonds. The highest BCUT2D eigenvalue weighted by atomic mass is 16.6. The molecule has 0 saturated heterocycles. The van der Waals surface area contributed by atoms with Gasteiger partial charge in [0.05, 0.1) is 12.7 Å². The molecule has 0 aromatic carbocycles. The molecule has 0 aliphatic rings. The van der Waals surface area contributed by atoms with Gasteiger partial charge in [-0.25, -0.2) is 4.79 Å². The van der Waals surface area contributed by atoms with Crippen molar-refractivity contribution in [1.29, 1.82) is 0 Å². The van der Waals surface area contributed by atoms with Gasteiger partial charge in [-0.2, -0.15) is 0 Å². The number of rotatable bonds is 18. The molecule has 0 spiro atoms. The van der Waals surface area contributed by atoms with Crippen molar-refractivity contribution in [2.24, 2.45) is 5.92 Å². The van der Waals surface area contributed by atoms with E-state index in [1.807, 2.05) is 6.08 Å². The van der Waals surface area contributed by atoms with Gasteiger partial charge in [0.1, 0.15) is 11.7 Å². The predicted molar refractivity (Wildman–Crippen MR) is 115 cm³/mol. The van der Waals surface area contributed by atoms with Crippen LogP contribution < -0.4 is 0 Å². The third-order valence-electron chi connectivity index (χ3n) is 5.00. The number of allylic oxidation sites excluding steroid dienone is 1. The lowest BCUT2D eigenvalue weighted by molar-refractivity contribution is -0.170. The molecule has 0 saturated carbocycles. The number of carbonyl (C=O) groups excluding carboxylic acids is 3. The Morgan fingerprint density at radius 3 is 2.13 bits per heavy atom. The SMILES string of the molecule is CCCCCCC(O)C/C=C\CCCCCCC(C(C)=O)C(=O)OC(=O)C(O)CO. The van der Waals surface area contributed by atoms with E-state index in [4.69, 9.17) is 10.2 Å². The van der Waals surface area contributed by atoms with E-state index in [0.29, 0.717) is 12.8 Å². The van der Waals surface area contributed by atoms with Crippen molar-refractivity contribution >= 4 is 17.7 Å². The number of aliphatic hydroxyl groups is 3. The summed E-state index contributed by atoms with van der Waals surface area (Å²) in [6.07, 6.45) is 13.0. The quantitative estimate of drug-likeness (QED) is 0.133. The Bertz CT molecular complexity index is 516. The first-order valence-corrected chi connectivity index (χ1v) is 11.2. The Balaban J connectivity index is 3.91. The molecule has 0 aliphatic carbocycles. The topological polar surface area (TPSA) is 121 Å². The van der Waals surface area contributed by atoms with E-state index in [1.165, 1.54) is 26.2 Å². The molecular formula is C23H40O7. The molecule has 3 atom stereocenters. The fourth-order valence-electron chi connectivity index (χ4n) is 3.06. The van der Waals surface area contributed by atoms with Crippen LogP contribution in [0.15, 0.2) is 12.2 Å². The zero-order valence-corrected chi connectivity index (χ0v) is 18.6. The normalized spacial score (nSPS) is 14.4. The van der Waals surface area contributed by atoms with Gasteiger partial charge in [-0.15, -0.1) is 0 Å². The van der Waals surface area contributed by atoms with Crippen molar-refractivity contribution in [2.75, 3.05) is 6.61 Å². The molecule has 0 aliphatic heterocycles. The van der Waals surface area contributed by atoms with Gasteiger partial charge < -0.3 is 20.1 Å². The van der Waals surface area contributed by atoms with Crippen molar-refractivity contribution in [2.45, 2.75) is 103 Å². The minimum absolute atomic E-state index is 0.258. The standard InChI is InChI=1S/C23H40O7/c1-3-4-5-11-14-19(26)15-12-9-7-6-8-10-13-16-20(18(2)25)22(28)30-23(29)21(27)17-24/h9,12,19-21,24,26-27H,3-8,10-11,13-17H2,1-2H3/b12-9-. The molecule has 0 fully saturated rings. The van der Waals surface area contributed by atoms with Crippen molar-refractivity contribution < 1.29 is 34.4 Å². The Morgan fingerprint density at radius 1 is 0.867 bits per heavy atom.